The van der Waals surface area contributed by atoms with Crippen LogP contribution < -0.4 is 0 Å². The molecule has 0 aromatic heterocycles. The average molecular weight is 399 g/mol. The second-order valence-electron chi connectivity index (χ2n) is 9.81. The number of carbonyl (C=O) groups excluding carboxylic acids is 1. The van der Waals surface area contributed by atoms with Crippen molar-refractivity contribution in [1.29, 1.82) is 0 Å². The maximum atomic E-state index is 15.2. The van der Waals surface area contributed by atoms with Crippen LogP contribution >= 0.6 is 15.9 Å². The third kappa shape index (κ3) is 2.25. The smallest absolute Gasteiger partial charge is 0.146 e. The number of hydrogen-bond donors (Lipinski definition) is 0. The lowest BCUT2D eigenvalue weighted by molar-refractivity contribution is -0.152. The predicted molar refractivity (Wildman–Crippen MR) is 98.9 cm³/mol. The van der Waals surface area contributed by atoms with E-state index in [1.807, 2.05) is 0 Å². The fourth-order valence-electron chi connectivity index (χ4n) is 7.84. The normalized spacial score (nSPS) is 57.2. The molecule has 0 bridgehead atoms. The van der Waals surface area contributed by atoms with Crippen molar-refractivity contribution >= 4 is 21.7 Å². The van der Waals surface area contributed by atoms with Crippen molar-refractivity contribution in [2.45, 2.75) is 83.1 Å². The molecule has 0 aromatic carbocycles. The molecule has 0 aliphatic heterocycles. The summed E-state index contributed by atoms with van der Waals surface area (Å²) in [5.74, 6) is 2.91. The van der Waals surface area contributed by atoms with Crippen LogP contribution in [0.25, 0.3) is 0 Å². The second-order valence-corrected chi connectivity index (χ2v) is 10.9. The van der Waals surface area contributed by atoms with Gasteiger partial charge < -0.3 is 0 Å². The van der Waals surface area contributed by atoms with Gasteiger partial charge in [0.2, 0.25) is 0 Å². The van der Waals surface area contributed by atoms with Crippen LogP contribution in [-0.4, -0.2) is 16.8 Å². The van der Waals surface area contributed by atoms with E-state index in [-0.39, 0.29) is 21.9 Å². The molecule has 0 saturated heterocycles. The number of fused-ring (bicyclic) bond motifs is 5. The molecule has 0 spiro atoms. The Bertz CT molecular complexity index is 536. The van der Waals surface area contributed by atoms with Crippen LogP contribution in [0.2, 0.25) is 0 Å². The van der Waals surface area contributed by atoms with Gasteiger partial charge in [0.1, 0.15) is 12.0 Å². The molecule has 0 radical (unpaired) electrons. The Morgan fingerprint density at radius 1 is 1.12 bits per heavy atom. The minimum absolute atomic E-state index is 0.00996. The first-order valence-corrected chi connectivity index (χ1v) is 11.0. The first kappa shape index (κ1) is 17.5. The van der Waals surface area contributed by atoms with E-state index in [2.05, 4.69) is 36.7 Å². The summed E-state index contributed by atoms with van der Waals surface area (Å²) in [6.07, 6.45) is 7.75. The van der Waals surface area contributed by atoms with Gasteiger partial charge in [0.25, 0.3) is 0 Å². The summed E-state index contributed by atoms with van der Waals surface area (Å²) in [6, 6.07) is 0. The molecule has 4 fully saturated rings. The highest BCUT2D eigenvalue weighted by molar-refractivity contribution is 9.10. The third-order valence-electron chi connectivity index (χ3n) is 9.14. The van der Waals surface area contributed by atoms with Crippen molar-refractivity contribution in [3.05, 3.63) is 0 Å². The maximum absolute atomic E-state index is 15.2. The summed E-state index contributed by atoms with van der Waals surface area (Å²) in [7, 11) is 0. The van der Waals surface area contributed by atoms with E-state index in [9.17, 15) is 4.79 Å². The molecule has 1 nitrogen and oxygen atoms in total. The van der Waals surface area contributed by atoms with E-state index in [1.54, 1.807) is 0 Å². The number of halogens is 2. The van der Waals surface area contributed by atoms with E-state index >= 15 is 4.39 Å². The summed E-state index contributed by atoms with van der Waals surface area (Å²) < 4.78 is 15.2. The van der Waals surface area contributed by atoms with Crippen LogP contribution in [0.15, 0.2) is 0 Å². The summed E-state index contributed by atoms with van der Waals surface area (Å²) >= 11 is 3.60. The number of alkyl halides is 2. The van der Waals surface area contributed by atoms with Gasteiger partial charge >= 0.3 is 0 Å². The average Bonchev–Trinajstić information content (AvgIpc) is 2.87. The zero-order chi connectivity index (χ0) is 17.3. The van der Waals surface area contributed by atoms with Gasteiger partial charge in [0, 0.05) is 12.3 Å². The first-order chi connectivity index (χ1) is 11.3. The van der Waals surface area contributed by atoms with Gasteiger partial charge in [-0.25, -0.2) is 4.39 Å². The predicted octanol–water partition coefficient (Wildman–Crippen LogP) is 5.95. The first-order valence-electron chi connectivity index (χ1n) is 10.1. The molecule has 4 rings (SSSR count). The van der Waals surface area contributed by atoms with Gasteiger partial charge in [-0.3, -0.25) is 4.79 Å². The fourth-order valence-corrected chi connectivity index (χ4v) is 8.72. The zero-order valence-corrected chi connectivity index (χ0v) is 16.9. The van der Waals surface area contributed by atoms with Crippen molar-refractivity contribution < 1.29 is 9.18 Å². The van der Waals surface area contributed by atoms with Crippen molar-refractivity contribution in [3.8, 4) is 0 Å². The summed E-state index contributed by atoms with van der Waals surface area (Å²) in [4.78, 5) is 12.1. The van der Waals surface area contributed by atoms with Gasteiger partial charge in [-0.2, -0.15) is 0 Å². The fraction of sp³-hybridized carbons (Fsp3) is 0.952. The summed E-state index contributed by atoms with van der Waals surface area (Å²) in [5, 5.41) is 0. The Morgan fingerprint density at radius 3 is 2.54 bits per heavy atom. The topological polar surface area (TPSA) is 17.1 Å². The number of ketones is 1. The van der Waals surface area contributed by atoms with Gasteiger partial charge in [-0.15, -0.1) is 0 Å². The largest absolute Gasteiger partial charge is 0.298 e. The zero-order valence-electron chi connectivity index (χ0n) is 15.4. The van der Waals surface area contributed by atoms with Crippen LogP contribution in [0.1, 0.15) is 72.1 Å². The Balaban J connectivity index is 1.67. The number of Topliss-reactive ketones (excluding diaryl/α,β-unsaturated/α-hetero) is 1. The van der Waals surface area contributed by atoms with E-state index < -0.39 is 6.17 Å². The van der Waals surface area contributed by atoms with E-state index in [0.29, 0.717) is 29.6 Å². The molecule has 2 unspecified atom stereocenters. The summed E-state index contributed by atoms with van der Waals surface area (Å²) in [5.41, 5.74) is 0.452. The van der Waals surface area contributed by atoms with Crippen LogP contribution in [0, 0.1) is 40.4 Å². The van der Waals surface area contributed by atoms with Crippen molar-refractivity contribution in [1.82, 2.24) is 0 Å². The second kappa shape index (κ2) is 5.79. The highest BCUT2D eigenvalue weighted by Gasteiger charge is 2.62. The minimum atomic E-state index is -0.775. The molecule has 4 aliphatic rings. The van der Waals surface area contributed by atoms with Crippen LogP contribution in [-0.2, 0) is 4.79 Å². The molecule has 0 N–H and O–H groups in total. The lowest BCUT2D eigenvalue weighted by Crippen LogP contribution is -2.58. The molecule has 4 aliphatic carbocycles. The molecule has 24 heavy (non-hydrogen) atoms. The molecule has 9 atom stereocenters. The minimum Gasteiger partial charge on any atom is -0.298 e. The Labute approximate surface area is 154 Å². The number of rotatable bonds is 1. The SMILES string of the molecule is CC[C@H]1CC[C@H]2[C@@H]3C[C@@H](F)C4CC(=O)C(Br)C[C@]4(C)[C@H]3CC[C@]12C. The highest BCUT2D eigenvalue weighted by Crippen LogP contribution is 2.68. The quantitative estimate of drug-likeness (QED) is 0.498. The molecule has 4 saturated carbocycles. The molecule has 0 aromatic rings. The van der Waals surface area contributed by atoms with Gasteiger partial charge in [-0.05, 0) is 73.0 Å². The van der Waals surface area contributed by atoms with E-state index in [0.717, 1.165) is 18.8 Å². The Hall–Kier alpha value is 0.0800. The molecular weight excluding hydrogens is 367 g/mol. The van der Waals surface area contributed by atoms with E-state index in [1.165, 1.54) is 32.1 Å². The van der Waals surface area contributed by atoms with Crippen LogP contribution in [0.3, 0.4) is 0 Å². The molecule has 0 amide bonds. The molecular formula is C21H32BrFO. The third-order valence-corrected chi connectivity index (χ3v) is 9.98. The summed E-state index contributed by atoms with van der Waals surface area (Å²) in [6.45, 7) is 7.16. The molecule has 136 valence electrons. The van der Waals surface area contributed by atoms with Gasteiger partial charge in [-0.1, -0.05) is 43.1 Å². The highest BCUT2D eigenvalue weighted by atomic mass is 79.9. The van der Waals surface area contributed by atoms with Crippen molar-refractivity contribution in [2.24, 2.45) is 40.4 Å². The van der Waals surface area contributed by atoms with Crippen LogP contribution in [0.5, 0.6) is 0 Å². The van der Waals surface area contributed by atoms with Gasteiger partial charge in [0.15, 0.2) is 0 Å². The Kier molecular flexibility index (Phi) is 4.22. The number of carbonyl (C=O) groups is 1. The van der Waals surface area contributed by atoms with Gasteiger partial charge in [0.05, 0.1) is 4.83 Å². The molecule has 3 heteroatoms. The lowest BCUT2D eigenvalue weighted by Gasteiger charge is -2.61. The van der Waals surface area contributed by atoms with E-state index in [4.69, 9.17) is 0 Å². The monoisotopic (exact) mass is 398 g/mol. The molecule has 0 heterocycles. The maximum Gasteiger partial charge on any atom is 0.146 e. The number of hydrogen-bond acceptors (Lipinski definition) is 1. The van der Waals surface area contributed by atoms with Crippen LogP contribution in [0.4, 0.5) is 4.39 Å². The Morgan fingerprint density at radius 2 is 1.83 bits per heavy atom. The van der Waals surface area contributed by atoms with Crippen molar-refractivity contribution in [3.63, 3.8) is 0 Å². The standard InChI is InChI=1S/C21H32BrFO/c1-4-12-5-6-14-13-9-18(23)16-10-19(24)17(22)11-21(16,3)15(13)7-8-20(12,14)2/h12-18H,4-11H2,1-3H3/t12-,13-,14-,15-,16?,17?,18+,20+,21+/m0/s1. The lowest BCUT2D eigenvalue weighted by atomic mass is 9.44. The van der Waals surface area contributed by atoms with Crippen molar-refractivity contribution in [2.75, 3.05) is 0 Å².